The van der Waals surface area contributed by atoms with E-state index in [1.165, 1.54) is 6.08 Å². The molecule has 1 aromatic rings. The molecular formula is C12H6O2. The molecule has 0 fully saturated rings. The number of rotatable bonds is 0. The highest BCUT2D eigenvalue weighted by Gasteiger charge is 2.23. The highest BCUT2D eigenvalue weighted by molar-refractivity contribution is 6.26. The number of allylic oxidation sites excluding steroid dienone is 2. The van der Waals surface area contributed by atoms with Crippen molar-refractivity contribution in [1.29, 1.82) is 0 Å². The van der Waals surface area contributed by atoms with Crippen LogP contribution < -0.4 is 0 Å². The number of hydrogen-bond acceptors (Lipinski definition) is 2. The molecule has 0 saturated heterocycles. The lowest BCUT2D eigenvalue weighted by Crippen LogP contribution is -2.15. The number of fused-ring (bicyclic) bond motifs is 1. The van der Waals surface area contributed by atoms with E-state index in [0.29, 0.717) is 11.1 Å². The van der Waals surface area contributed by atoms with Gasteiger partial charge < -0.3 is 0 Å². The third-order valence-corrected chi connectivity index (χ3v) is 2.11. The summed E-state index contributed by atoms with van der Waals surface area (Å²) in [5, 5.41) is 0. The zero-order valence-electron chi connectivity index (χ0n) is 7.28. The highest BCUT2D eigenvalue weighted by atomic mass is 16.1. The van der Waals surface area contributed by atoms with Crippen LogP contribution in [0.5, 0.6) is 0 Å². The van der Waals surface area contributed by atoms with Crippen molar-refractivity contribution in [1.82, 2.24) is 0 Å². The van der Waals surface area contributed by atoms with E-state index in [-0.39, 0.29) is 17.1 Å². The van der Waals surface area contributed by atoms with Crippen LogP contribution in [0.15, 0.2) is 35.9 Å². The summed E-state index contributed by atoms with van der Waals surface area (Å²) in [4.78, 5) is 23.1. The van der Waals surface area contributed by atoms with E-state index in [1.807, 2.05) is 0 Å². The van der Waals surface area contributed by atoms with Gasteiger partial charge in [-0.3, -0.25) is 9.59 Å². The monoisotopic (exact) mass is 182 g/mol. The molecule has 1 aliphatic rings. The largest absolute Gasteiger partial charge is 0.289 e. The first-order chi connectivity index (χ1) is 6.74. The summed E-state index contributed by atoms with van der Waals surface area (Å²) < 4.78 is 0. The smallest absolute Gasteiger partial charge is 0.202 e. The molecule has 2 rings (SSSR count). The first-order valence-electron chi connectivity index (χ1n) is 4.10. The summed E-state index contributed by atoms with van der Waals surface area (Å²) in [6, 6.07) is 6.67. The first-order valence-corrected chi connectivity index (χ1v) is 4.10. The number of carbonyl (C=O) groups excluding carboxylic acids is 2. The van der Waals surface area contributed by atoms with Gasteiger partial charge in [-0.05, 0) is 0 Å². The molecule has 0 amide bonds. The quantitative estimate of drug-likeness (QED) is 0.571. The normalized spacial score (nSPS) is 14.4. The van der Waals surface area contributed by atoms with Crippen LogP contribution in [0.25, 0.3) is 0 Å². The zero-order chi connectivity index (χ0) is 10.1. The Labute approximate surface area is 81.2 Å². The van der Waals surface area contributed by atoms with Gasteiger partial charge in [0.1, 0.15) is 0 Å². The molecule has 0 unspecified atom stereocenters. The molecule has 0 atom stereocenters. The second-order valence-corrected chi connectivity index (χ2v) is 2.94. The van der Waals surface area contributed by atoms with Crippen molar-refractivity contribution in [3.63, 3.8) is 0 Å². The summed E-state index contributed by atoms with van der Waals surface area (Å²) in [6.07, 6.45) is 6.33. The molecule has 0 aliphatic heterocycles. The number of Topliss-reactive ketones (excluding diaryl/α,β-unsaturated/α-hetero) is 1. The molecule has 14 heavy (non-hydrogen) atoms. The summed E-state index contributed by atoms with van der Waals surface area (Å²) in [5.74, 6) is 1.77. The van der Waals surface area contributed by atoms with Crippen molar-refractivity contribution in [2.75, 3.05) is 0 Å². The van der Waals surface area contributed by atoms with Gasteiger partial charge in [0.2, 0.25) is 5.78 Å². The van der Waals surface area contributed by atoms with Gasteiger partial charge in [0, 0.05) is 17.2 Å². The molecule has 0 heterocycles. The Kier molecular flexibility index (Phi) is 1.79. The van der Waals surface area contributed by atoms with Crippen LogP contribution in [-0.2, 0) is 0 Å². The van der Waals surface area contributed by atoms with Crippen LogP contribution in [0.2, 0.25) is 0 Å². The Bertz CT molecular complexity index is 501. The van der Waals surface area contributed by atoms with Gasteiger partial charge in [-0.25, -0.2) is 0 Å². The fourth-order valence-corrected chi connectivity index (χ4v) is 1.42. The minimum Gasteiger partial charge on any atom is -0.289 e. The molecule has 0 radical (unpaired) electrons. The van der Waals surface area contributed by atoms with E-state index in [2.05, 4.69) is 5.92 Å². The molecule has 0 bridgehead atoms. The molecule has 0 aromatic heterocycles. The lowest BCUT2D eigenvalue weighted by atomic mass is 9.90. The van der Waals surface area contributed by atoms with Crippen molar-refractivity contribution in [2.45, 2.75) is 0 Å². The van der Waals surface area contributed by atoms with Crippen molar-refractivity contribution in [2.24, 2.45) is 0 Å². The Morgan fingerprint density at radius 3 is 2.36 bits per heavy atom. The summed E-state index contributed by atoms with van der Waals surface area (Å²) in [5.41, 5.74) is 0.957. The Hall–Kier alpha value is -2.14. The van der Waals surface area contributed by atoms with Crippen molar-refractivity contribution in [3.8, 4) is 12.3 Å². The summed E-state index contributed by atoms with van der Waals surface area (Å²) in [6.45, 7) is 0. The minimum atomic E-state index is -0.247. The Morgan fingerprint density at radius 2 is 1.71 bits per heavy atom. The molecule has 1 aromatic carbocycles. The molecule has 0 N–H and O–H groups in total. The van der Waals surface area contributed by atoms with E-state index in [1.54, 1.807) is 24.3 Å². The zero-order valence-corrected chi connectivity index (χ0v) is 7.28. The Morgan fingerprint density at radius 1 is 1.07 bits per heavy atom. The van der Waals surface area contributed by atoms with Crippen LogP contribution in [-0.4, -0.2) is 11.6 Å². The predicted octanol–water partition coefficient (Wildman–Crippen LogP) is 1.63. The first kappa shape index (κ1) is 8.46. The van der Waals surface area contributed by atoms with Gasteiger partial charge in [-0.1, -0.05) is 30.2 Å². The molecule has 2 heteroatoms. The van der Waals surface area contributed by atoms with Crippen molar-refractivity contribution >= 4 is 11.6 Å². The van der Waals surface area contributed by atoms with E-state index in [9.17, 15) is 9.59 Å². The van der Waals surface area contributed by atoms with Gasteiger partial charge in [-0.15, -0.1) is 6.42 Å². The second kappa shape index (κ2) is 2.97. The fourth-order valence-electron chi connectivity index (χ4n) is 1.42. The molecule has 1 aliphatic carbocycles. The molecule has 66 valence electrons. The van der Waals surface area contributed by atoms with Crippen LogP contribution >= 0.6 is 0 Å². The third-order valence-electron chi connectivity index (χ3n) is 2.11. The van der Waals surface area contributed by atoms with Gasteiger partial charge in [0.25, 0.3) is 0 Å². The Balaban J connectivity index is 2.68. The van der Waals surface area contributed by atoms with Crippen LogP contribution in [0.4, 0.5) is 0 Å². The van der Waals surface area contributed by atoms with Gasteiger partial charge in [0.05, 0.1) is 5.57 Å². The van der Waals surface area contributed by atoms with E-state index in [0.717, 1.165) is 0 Å². The number of hydrogen-bond donors (Lipinski definition) is 0. The summed E-state index contributed by atoms with van der Waals surface area (Å²) in [7, 11) is 0. The lowest BCUT2D eigenvalue weighted by molar-refractivity contribution is 0.0988. The molecule has 0 spiro atoms. The van der Waals surface area contributed by atoms with E-state index < -0.39 is 0 Å². The third kappa shape index (κ3) is 1.07. The van der Waals surface area contributed by atoms with Gasteiger partial charge in [0.15, 0.2) is 5.78 Å². The van der Waals surface area contributed by atoms with Crippen molar-refractivity contribution < 1.29 is 9.59 Å². The maximum Gasteiger partial charge on any atom is 0.202 e. The highest BCUT2D eigenvalue weighted by Crippen LogP contribution is 2.20. The maximum absolute atomic E-state index is 11.6. The van der Waals surface area contributed by atoms with Crippen LogP contribution in [0.3, 0.4) is 0 Å². The minimum absolute atomic E-state index is 0.133. The molecule has 0 saturated carbocycles. The number of terminal acetylenes is 1. The molecular weight excluding hydrogens is 176 g/mol. The van der Waals surface area contributed by atoms with Gasteiger partial charge >= 0.3 is 0 Å². The van der Waals surface area contributed by atoms with E-state index in [4.69, 9.17) is 6.42 Å². The van der Waals surface area contributed by atoms with Gasteiger partial charge in [-0.2, -0.15) is 0 Å². The average molecular weight is 182 g/mol. The summed E-state index contributed by atoms with van der Waals surface area (Å²) >= 11 is 0. The predicted molar refractivity (Wildman–Crippen MR) is 52.0 cm³/mol. The van der Waals surface area contributed by atoms with Crippen LogP contribution in [0, 0.1) is 12.3 Å². The topological polar surface area (TPSA) is 34.1 Å². The second-order valence-electron chi connectivity index (χ2n) is 2.94. The molecule has 2 nitrogen and oxygen atoms in total. The lowest BCUT2D eigenvalue weighted by Gasteiger charge is -2.10. The number of ketones is 2. The average Bonchev–Trinajstić information content (AvgIpc) is 2.23. The van der Waals surface area contributed by atoms with E-state index >= 15 is 0 Å². The van der Waals surface area contributed by atoms with Crippen LogP contribution in [0.1, 0.15) is 20.7 Å². The maximum atomic E-state index is 11.6. The fraction of sp³-hybridized carbons (Fsp3) is 0. The number of benzene rings is 1. The number of carbonyl (C=O) groups is 2. The standard InChI is InChI=1S/C12H6O2/c1-2-8-7-11(13)9-5-3-4-6-10(9)12(8)14/h1,3-7H. The van der Waals surface area contributed by atoms with Crippen molar-refractivity contribution in [3.05, 3.63) is 47.0 Å². The SMILES string of the molecule is C#CC1=CC(=O)c2ccccc2C1=O.